The first-order valence-electron chi connectivity index (χ1n) is 6.76. The minimum absolute atomic E-state index is 0.290. The van der Waals surface area contributed by atoms with Crippen molar-refractivity contribution < 1.29 is 10.2 Å². The molecular formula is C17H21NO2. The summed E-state index contributed by atoms with van der Waals surface area (Å²) in [5.74, 6) is 0.290. The van der Waals surface area contributed by atoms with Crippen molar-refractivity contribution in [3.63, 3.8) is 0 Å². The molecule has 2 aromatic rings. The topological polar surface area (TPSA) is 66.5 Å². The molecule has 0 unspecified atom stereocenters. The lowest BCUT2D eigenvalue weighted by atomic mass is 9.94. The molecule has 0 radical (unpaired) electrons. The van der Waals surface area contributed by atoms with Gasteiger partial charge in [-0.2, -0.15) is 0 Å². The molecule has 3 heteroatoms. The zero-order chi connectivity index (χ0) is 14.7. The summed E-state index contributed by atoms with van der Waals surface area (Å²) in [6, 6.07) is 13.0. The third-order valence-electron chi connectivity index (χ3n) is 3.60. The number of aliphatic hydroxyl groups is 1. The van der Waals surface area contributed by atoms with Gasteiger partial charge >= 0.3 is 0 Å². The smallest absolute Gasteiger partial charge is 0.121 e. The Labute approximate surface area is 119 Å². The number of phenols is 1. The van der Waals surface area contributed by atoms with Gasteiger partial charge in [0, 0.05) is 6.42 Å². The van der Waals surface area contributed by atoms with Crippen LogP contribution in [0.2, 0.25) is 0 Å². The van der Waals surface area contributed by atoms with E-state index in [2.05, 4.69) is 0 Å². The molecule has 20 heavy (non-hydrogen) atoms. The van der Waals surface area contributed by atoms with Gasteiger partial charge in [0.25, 0.3) is 0 Å². The summed E-state index contributed by atoms with van der Waals surface area (Å²) < 4.78 is 0. The van der Waals surface area contributed by atoms with Crippen LogP contribution in [0.3, 0.4) is 0 Å². The van der Waals surface area contributed by atoms with E-state index in [-0.39, 0.29) is 0 Å². The molecule has 0 spiro atoms. The van der Waals surface area contributed by atoms with Crippen molar-refractivity contribution in [2.24, 2.45) is 5.73 Å². The summed E-state index contributed by atoms with van der Waals surface area (Å²) in [7, 11) is 0. The third-order valence-corrected chi connectivity index (χ3v) is 3.60. The fourth-order valence-electron chi connectivity index (χ4n) is 2.39. The number of aromatic hydroxyl groups is 1. The Hall–Kier alpha value is -1.84. The normalized spacial score (nSPS) is 14.0. The highest BCUT2D eigenvalue weighted by molar-refractivity contribution is 5.43. The number of rotatable bonds is 4. The van der Waals surface area contributed by atoms with Crippen LogP contribution >= 0.6 is 0 Å². The van der Waals surface area contributed by atoms with E-state index in [9.17, 15) is 10.2 Å². The molecule has 0 fully saturated rings. The second-order valence-electron chi connectivity index (χ2n) is 5.29. The molecule has 106 valence electrons. The first-order chi connectivity index (χ1) is 9.49. The van der Waals surface area contributed by atoms with Gasteiger partial charge in [0.1, 0.15) is 5.75 Å². The monoisotopic (exact) mass is 271 g/mol. The number of hydrogen-bond donors (Lipinski definition) is 3. The van der Waals surface area contributed by atoms with Crippen LogP contribution in [0.25, 0.3) is 0 Å². The van der Waals surface area contributed by atoms with Crippen LogP contribution in [-0.4, -0.2) is 16.3 Å². The highest BCUT2D eigenvalue weighted by atomic mass is 16.3. The summed E-state index contributed by atoms with van der Waals surface area (Å²) in [6.07, 6.45) is -0.137. The Morgan fingerprint density at radius 1 is 1.05 bits per heavy atom. The Balaban J connectivity index is 2.16. The van der Waals surface area contributed by atoms with E-state index < -0.39 is 12.1 Å². The van der Waals surface area contributed by atoms with Crippen molar-refractivity contribution in [3.8, 4) is 5.75 Å². The molecule has 2 rings (SSSR count). The van der Waals surface area contributed by atoms with E-state index in [1.807, 2.05) is 56.3 Å². The molecule has 0 aromatic heterocycles. The average Bonchev–Trinajstić information content (AvgIpc) is 2.44. The Morgan fingerprint density at radius 2 is 1.60 bits per heavy atom. The van der Waals surface area contributed by atoms with Crippen molar-refractivity contribution in [1.82, 2.24) is 0 Å². The molecule has 2 aromatic carbocycles. The van der Waals surface area contributed by atoms with Gasteiger partial charge in [-0.05, 0) is 36.1 Å². The van der Waals surface area contributed by atoms with E-state index in [1.54, 1.807) is 0 Å². The molecule has 0 heterocycles. The fourth-order valence-corrected chi connectivity index (χ4v) is 2.39. The maximum atomic E-state index is 10.3. The van der Waals surface area contributed by atoms with Crippen LogP contribution in [0.15, 0.2) is 42.5 Å². The lowest BCUT2D eigenvalue weighted by Gasteiger charge is -2.21. The van der Waals surface area contributed by atoms with Crippen LogP contribution < -0.4 is 5.73 Å². The SMILES string of the molecule is Cc1cc([C@H](N)[C@H](O)Cc2ccccc2)cc(C)c1O. The summed E-state index contributed by atoms with van der Waals surface area (Å²) in [5.41, 5.74) is 9.61. The molecular weight excluding hydrogens is 250 g/mol. The van der Waals surface area contributed by atoms with Crippen molar-refractivity contribution in [2.45, 2.75) is 32.4 Å². The number of hydrogen-bond acceptors (Lipinski definition) is 3. The summed E-state index contributed by atoms with van der Waals surface area (Å²) >= 11 is 0. The minimum atomic E-state index is -0.652. The van der Waals surface area contributed by atoms with Gasteiger partial charge in [0.05, 0.1) is 12.1 Å². The van der Waals surface area contributed by atoms with Gasteiger partial charge < -0.3 is 15.9 Å². The second-order valence-corrected chi connectivity index (χ2v) is 5.29. The Morgan fingerprint density at radius 3 is 2.15 bits per heavy atom. The van der Waals surface area contributed by atoms with Crippen LogP contribution in [0.5, 0.6) is 5.75 Å². The molecule has 0 saturated heterocycles. The molecule has 2 atom stereocenters. The largest absolute Gasteiger partial charge is 0.507 e. The molecule has 4 N–H and O–H groups in total. The molecule has 0 aliphatic carbocycles. The molecule has 3 nitrogen and oxygen atoms in total. The Bertz CT molecular complexity index is 558. The third kappa shape index (κ3) is 3.18. The highest BCUT2D eigenvalue weighted by Crippen LogP contribution is 2.27. The van der Waals surface area contributed by atoms with Gasteiger partial charge in [0.2, 0.25) is 0 Å². The van der Waals surface area contributed by atoms with Crippen molar-refractivity contribution in [3.05, 3.63) is 64.7 Å². The van der Waals surface area contributed by atoms with Gasteiger partial charge in [-0.15, -0.1) is 0 Å². The van der Waals surface area contributed by atoms with E-state index in [0.717, 1.165) is 22.3 Å². The van der Waals surface area contributed by atoms with Crippen molar-refractivity contribution in [1.29, 1.82) is 0 Å². The second kappa shape index (κ2) is 6.07. The lowest BCUT2D eigenvalue weighted by molar-refractivity contribution is 0.145. The van der Waals surface area contributed by atoms with E-state index in [4.69, 9.17) is 5.73 Å². The predicted molar refractivity (Wildman–Crippen MR) is 80.7 cm³/mol. The van der Waals surface area contributed by atoms with E-state index in [0.29, 0.717) is 12.2 Å². The number of phenolic OH excluding ortho intramolecular Hbond substituents is 1. The zero-order valence-corrected chi connectivity index (χ0v) is 11.9. The number of aliphatic hydroxyl groups excluding tert-OH is 1. The Kier molecular flexibility index (Phi) is 4.42. The van der Waals surface area contributed by atoms with E-state index >= 15 is 0 Å². The molecule has 0 aliphatic heterocycles. The first kappa shape index (κ1) is 14.6. The molecule has 0 bridgehead atoms. The van der Waals surface area contributed by atoms with Crippen LogP contribution in [0.4, 0.5) is 0 Å². The molecule has 0 saturated carbocycles. The molecule has 0 amide bonds. The van der Waals surface area contributed by atoms with Crippen LogP contribution in [-0.2, 0) is 6.42 Å². The summed E-state index contributed by atoms with van der Waals surface area (Å²) in [4.78, 5) is 0. The first-order valence-corrected chi connectivity index (χ1v) is 6.76. The highest BCUT2D eigenvalue weighted by Gasteiger charge is 2.18. The number of aryl methyl sites for hydroxylation is 2. The maximum Gasteiger partial charge on any atom is 0.121 e. The fraction of sp³-hybridized carbons (Fsp3) is 0.294. The number of benzene rings is 2. The summed E-state index contributed by atoms with van der Waals surface area (Å²) in [5, 5.41) is 20.1. The van der Waals surface area contributed by atoms with Crippen molar-refractivity contribution in [2.75, 3.05) is 0 Å². The maximum absolute atomic E-state index is 10.3. The van der Waals surface area contributed by atoms with Crippen LogP contribution in [0, 0.1) is 13.8 Å². The summed E-state index contributed by atoms with van der Waals surface area (Å²) in [6.45, 7) is 3.67. The quantitative estimate of drug-likeness (QED) is 0.800. The van der Waals surface area contributed by atoms with Gasteiger partial charge in [-0.25, -0.2) is 0 Å². The van der Waals surface area contributed by atoms with Crippen LogP contribution in [0.1, 0.15) is 28.3 Å². The minimum Gasteiger partial charge on any atom is -0.507 e. The predicted octanol–water partition coefficient (Wildman–Crippen LogP) is 2.61. The average molecular weight is 271 g/mol. The van der Waals surface area contributed by atoms with E-state index in [1.165, 1.54) is 0 Å². The van der Waals surface area contributed by atoms with Gasteiger partial charge in [-0.1, -0.05) is 42.5 Å². The standard InChI is InChI=1S/C17H21NO2/c1-11-8-14(9-12(2)17(11)20)16(18)15(19)10-13-6-4-3-5-7-13/h3-9,15-16,19-20H,10,18H2,1-2H3/t15-,16+/m1/s1. The van der Waals surface area contributed by atoms with Gasteiger partial charge in [-0.3, -0.25) is 0 Å². The van der Waals surface area contributed by atoms with Gasteiger partial charge in [0.15, 0.2) is 0 Å². The van der Waals surface area contributed by atoms with Crippen molar-refractivity contribution >= 4 is 0 Å². The number of nitrogens with two attached hydrogens (primary N) is 1. The zero-order valence-electron chi connectivity index (χ0n) is 11.9. The molecule has 0 aliphatic rings. The lowest BCUT2D eigenvalue weighted by Crippen LogP contribution is -2.28.